The van der Waals surface area contributed by atoms with Crippen LogP contribution in [0.2, 0.25) is 0 Å². The Balaban J connectivity index is 1.80. The molecule has 0 aromatic heterocycles. The first kappa shape index (κ1) is 19.2. The summed E-state index contributed by atoms with van der Waals surface area (Å²) < 4.78 is 11.1. The largest absolute Gasteiger partial charge is 0.459 e. The molecular formula is C22H26O6. The number of ether oxygens (including phenoxy) is 2. The smallest absolute Gasteiger partial charge is 0.338 e. The van der Waals surface area contributed by atoms with Gasteiger partial charge in [-0.15, -0.1) is 0 Å². The molecule has 3 aliphatic rings. The molecule has 1 aromatic carbocycles. The van der Waals surface area contributed by atoms with Crippen molar-refractivity contribution in [2.24, 2.45) is 16.7 Å². The lowest BCUT2D eigenvalue weighted by molar-refractivity contribution is -0.185. The number of carbonyl (C=O) groups is 2. The van der Waals surface area contributed by atoms with Crippen molar-refractivity contribution in [2.75, 3.05) is 13.2 Å². The molecule has 0 spiro atoms. The van der Waals surface area contributed by atoms with Crippen molar-refractivity contribution < 1.29 is 29.3 Å². The molecule has 1 aromatic rings. The minimum Gasteiger partial charge on any atom is -0.459 e. The Morgan fingerprint density at radius 1 is 1.25 bits per heavy atom. The normalized spacial score (nSPS) is 39.4. The molecule has 2 aliphatic carbocycles. The van der Waals surface area contributed by atoms with Gasteiger partial charge in [0.05, 0.1) is 11.1 Å². The topological polar surface area (TPSA) is 93.1 Å². The Kier molecular flexibility index (Phi) is 4.39. The minimum absolute atomic E-state index is 0.0965. The number of fused-ring (bicyclic) bond motifs is 3. The maximum atomic E-state index is 12.8. The maximum absolute atomic E-state index is 12.8. The van der Waals surface area contributed by atoms with Crippen molar-refractivity contribution in [3.8, 4) is 0 Å². The highest BCUT2D eigenvalue weighted by molar-refractivity contribution is 5.94. The zero-order valence-corrected chi connectivity index (χ0v) is 16.2. The van der Waals surface area contributed by atoms with Gasteiger partial charge in [0.1, 0.15) is 18.3 Å². The molecule has 6 heteroatoms. The second kappa shape index (κ2) is 6.42. The van der Waals surface area contributed by atoms with Crippen molar-refractivity contribution in [1.29, 1.82) is 0 Å². The van der Waals surface area contributed by atoms with Crippen LogP contribution in [0.15, 0.2) is 42.0 Å². The molecule has 2 N–H and O–H groups in total. The molecule has 1 heterocycles. The van der Waals surface area contributed by atoms with Gasteiger partial charge in [-0.25, -0.2) is 9.59 Å². The van der Waals surface area contributed by atoms with Crippen molar-refractivity contribution in [2.45, 2.75) is 44.8 Å². The second-order valence-corrected chi connectivity index (χ2v) is 8.81. The quantitative estimate of drug-likeness (QED) is 0.774. The number of aliphatic hydroxyl groups excluding tert-OH is 1. The molecule has 1 saturated heterocycles. The lowest BCUT2D eigenvalue weighted by Crippen LogP contribution is -2.65. The van der Waals surface area contributed by atoms with Crippen LogP contribution in [0.25, 0.3) is 0 Å². The number of cyclic esters (lactones) is 1. The number of esters is 2. The first-order chi connectivity index (χ1) is 13.2. The summed E-state index contributed by atoms with van der Waals surface area (Å²) in [4.78, 5) is 25.1. The molecular weight excluding hydrogens is 360 g/mol. The highest BCUT2D eigenvalue weighted by Gasteiger charge is 2.68. The monoisotopic (exact) mass is 386 g/mol. The standard InChI is InChI=1S/C22H26O6/c1-20(12-23)9-6-10-21(2)17(20)16(11-15-19(25)27-13-22(15,21)26)28-18(24)14-7-4-3-5-8-14/h3-5,7-8,11,16-17,23,26H,6,9-10,12-13H2,1-2H3/t16-,17-,20+,21+,22-/m1/s1. The average Bonchev–Trinajstić information content (AvgIpc) is 2.98. The van der Waals surface area contributed by atoms with Crippen LogP contribution in [0.3, 0.4) is 0 Å². The predicted octanol–water partition coefficient (Wildman–Crippen LogP) is 2.24. The van der Waals surface area contributed by atoms with Crippen LogP contribution < -0.4 is 0 Å². The molecule has 0 unspecified atom stereocenters. The molecule has 0 amide bonds. The van der Waals surface area contributed by atoms with Gasteiger partial charge in [-0.1, -0.05) is 38.5 Å². The van der Waals surface area contributed by atoms with Gasteiger partial charge in [0, 0.05) is 17.9 Å². The summed E-state index contributed by atoms with van der Waals surface area (Å²) in [6.45, 7) is 3.67. The van der Waals surface area contributed by atoms with Crippen LogP contribution in [0.4, 0.5) is 0 Å². The molecule has 150 valence electrons. The number of rotatable bonds is 3. The second-order valence-electron chi connectivity index (χ2n) is 8.81. The van der Waals surface area contributed by atoms with E-state index in [-0.39, 0.29) is 24.7 Å². The van der Waals surface area contributed by atoms with Crippen LogP contribution in [-0.2, 0) is 14.3 Å². The van der Waals surface area contributed by atoms with Gasteiger partial charge in [-0.05, 0) is 36.5 Å². The third-order valence-electron chi connectivity index (χ3n) is 7.18. The van der Waals surface area contributed by atoms with Gasteiger partial charge in [-0.2, -0.15) is 0 Å². The highest BCUT2D eigenvalue weighted by atomic mass is 16.6. The van der Waals surface area contributed by atoms with Crippen molar-refractivity contribution in [1.82, 2.24) is 0 Å². The van der Waals surface area contributed by atoms with E-state index in [1.165, 1.54) is 0 Å². The first-order valence-corrected chi connectivity index (χ1v) is 9.74. The van der Waals surface area contributed by atoms with E-state index in [2.05, 4.69) is 0 Å². The summed E-state index contributed by atoms with van der Waals surface area (Å²) in [6, 6.07) is 8.67. The summed E-state index contributed by atoms with van der Waals surface area (Å²) in [5.41, 5.74) is -2.18. The Morgan fingerprint density at radius 2 is 1.96 bits per heavy atom. The predicted molar refractivity (Wildman–Crippen MR) is 100 cm³/mol. The van der Waals surface area contributed by atoms with Gasteiger partial charge in [0.25, 0.3) is 0 Å². The fraction of sp³-hybridized carbons (Fsp3) is 0.545. The van der Waals surface area contributed by atoms with E-state index < -0.39 is 34.5 Å². The van der Waals surface area contributed by atoms with E-state index in [9.17, 15) is 19.8 Å². The average molecular weight is 386 g/mol. The van der Waals surface area contributed by atoms with E-state index in [1.54, 1.807) is 30.3 Å². The molecule has 28 heavy (non-hydrogen) atoms. The minimum atomic E-state index is -1.44. The Bertz CT molecular complexity index is 833. The summed E-state index contributed by atoms with van der Waals surface area (Å²) in [5, 5.41) is 21.7. The zero-order valence-electron chi connectivity index (χ0n) is 16.2. The number of hydrogen-bond acceptors (Lipinski definition) is 6. The Morgan fingerprint density at radius 3 is 2.64 bits per heavy atom. The van der Waals surface area contributed by atoms with Gasteiger partial charge < -0.3 is 19.7 Å². The van der Waals surface area contributed by atoms with Crippen LogP contribution in [0, 0.1) is 16.7 Å². The van der Waals surface area contributed by atoms with Crippen LogP contribution in [0.5, 0.6) is 0 Å². The van der Waals surface area contributed by atoms with Crippen LogP contribution in [0.1, 0.15) is 43.5 Å². The zero-order chi connectivity index (χ0) is 20.2. The van der Waals surface area contributed by atoms with Gasteiger partial charge in [0.2, 0.25) is 0 Å². The Hall–Kier alpha value is -2.18. The summed E-state index contributed by atoms with van der Waals surface area (Å²) in [7, 11) is 0. The fourth-order valence-corrected chi connectivity index (χ4v) is 5.64. The van der Waals surface area contributed by atoms with Crippen molar-refractivity contribution in [3.63, 3.8) is 0 Å². The molecule has 1 aliphatic heterocycles. The number of hydrogen-bond donors (Lipinski definition) is 2. The first-order valence-electron chi connectivity index (χ1n) is 9.74. The van der Waals surface area contributed by atoms with Crippen LogP contribution >= 0.6 is 0 Å². The third-order valence-corrected chi connectivity index (χ3v) is 7.18. The fourth-order valence-electron chi connectivity index (χ4n) is 5.64. The number of aliphatic hydroxyl groups is 2. The van der Waals surface area contributed by atoms with E-state index in [4.69, 9.17) is 9.47 Å². The molecule has 6 nitrogen and oxygen atoms in total. The molecule has 2 fully saturated rings. The van der Waals surface area contributed by atoms with Gasteiger partial charge in [0.15, 0.2) is 0 Å². The number of carbonyl (C=O) groups excluding carboxylic acids is 2. The van der Waals surface area contributed by atoms with Gasteiger partial charge in [-0.3, -0.25) is 0 Å². The van der Waals surface area contributed by atoms with E-state index in [0.717, 1.165) is 12.8 Å². The van der Waals surface area contributed by atoms with E-state index >= 15 is 0 Å². The molecule has 4 rings (SSSR count). The molecule has 0 bridgehead atoms. The molecule has 5 atom stereocenters. The van der Waals surface area contributed by atoms with E-state index in [1.807, 2.05) is 19.9 Å². The van der Waals surface area contributed by atoms with Crippen molar-refractivity contribution >= 4 is 11.9 Å². The number of benzene rings is 1. The van der Waals surface area contributed by atoms with Gasteiger partial charge >= 0.3 is 11.9 Å². The highest BCUT2D eigenvalue weighted by Crippen LogP contribution is 2.63. The summed E-state index contributed by atoms with van der Waals surface area (Å²) in [5.74, 6) is -1.42. The summed E-state index contributed by atoms with van der Waals surface area (Å²) >= 11 is 0. The Labute approximate surface area is 164 Å². The van der Waals surface area contributed by atoms with Crippen molar-refractivity contribution in [3.05, 3.63) is 47.5 Å². The molecule has 0 radical (unpaired) electrons. The summed E-state index contributed by atoms with van der Waals surface area (Å²) in [6.07, 6.45) is 3.00. The lowest BCUT2D eigenvalue weighted by Gasteiger charge is -2.60. The SMILES string of the molecule is C[C@@]1(CO)CCC[C@@]2(C)[C@@H]1[C@H](OC(=O)c1ccccc1)C=C1C(=O)OC[C@@]12O. The molecule has 1 saturated carbocycles. The third kappa shape index (κ3) is 2.54. The lowest BCUT2D eigenvalue weighted by atomic mass is 9.46. The van der Waals surface area contributed by atoms with E-state index in [0.29, 0.717) is 12.0 Å². The maximum Gasteiger partial charge on any atom is 0.338 e. The van der Waals surface area contributed by atoms with Crippen LogP contribution in [-0.4, -0.2) is 47.1 Å².